The molecule has 3 heteroatoms. The topological polar surface area (TPSA) is 39.4 Å². The van der Waals surface area contributed by atoms with Crippen molar-refractivity contribution in [3.8, 4) is 5.75 Å². The van der Waals surface area contributed by atoms with Crippen molar-refractivity contribution >= 4 is 0 Å². The highest BCUT2D eigenvalue weighted by Gasteiger charge is 2.10. The van der Waals surface area contributed by atoms with Gasteiger partial charge in [0, 0.05) is 12.0 Å². The quantitative estimate of drug-likeness (QED) is 0.198. The molecule has 0 unspecified atom stereocenters. The molecule has 0 aliphatic heterocycles. The smallest absolute Gasteiger partial charge is 0.339 e. The summed E-state index contributed by atoms with van der Waals surface area (Å²) in [5.41, 5.74) is -0.304. The predicted octanol–water partition coefficient (Wildman–Crippen LogP) is 8.79. The lowest BCUT2D eigenvalue weighted by molar-refractivity contribution is 0.296. The van der Waals surface area contributed by atoms with Crippen molar-refractivity contribution in [3.05, 3.63) is 28.3 Å². The molecule has 0 aliphatic rings. The predicted molar refractivity (Wildman–Crippen MR) is 129 cm³/mol. The van der Waals surface area contributed by atoms with Crippen LogP contribution in [-0.4, -0.2) is 6.61 Å². The largest absolute Gasteiger partial charge is 0.493 e. The molecule has 1 aromatic rings. The number of hydrogen-bond acceptors (Lipinski definition) is 3. The summed E-state index contributed by atoms with van der Waals surface area (Å²) in [5.74, 6) is 1.67. The molecule has 0 aromatic carbocycles. The maximum absolute atomic E-state index is 11.7. The van der Waals surface area contributed by atoms with Crippen molar-refractivity contribution in [1.82, 2.24) is 0 Å². The van der Waals surface area contributed by atoms with E-state index in [9.17, 15) is 4.79 Å². The van der Waals surface area contributed by atoms with Crippen LogP contribution in [0, 0.1) is 0 Å². The molecule has 0 amide bonds. The Balaban J connectivity index is 1.96. The van der Waals surface area contributed by atoms with Crippen molar-refractivity contribution in [1.29, 1.82) is 0 Å². The average Bonchev–Trinajstić information content (AvgIpc) is 2.73. The molecule has 0 spiro atoms. The van der Waals surface area contributed by atoms with Crippen LogP contribution in [0.15, 0.2) is 21.3 Å². The molecular formula is C27H48O3. The van der Waals surface area contributed by atoms with Gasteiger partial charge in [-0.15, -0.1) is 0 Å². The summed E-state index contributed by atoms with van der Waals surface area (Å²) in [6.45, 7) is 7.21. The van der Waals surface area contributed by atoms with Crippen LogP contribution in [0.25, 0.3) is 0 Å². The van der Waals surface area contributed by atoms with Gasteiger partial charge in [0.1, 0.15) is 11.5 Å². The highest BCUT2D eigenvalue weighted by atomic mass is 16.5. The van der Waals surface area contributed by atoms with E-state index in [0.717, 1.165) is 25.0 Å². The Morgan fingerprint density at radius 3 is 1.73 bits per heavy atom. The first-order chi connectivity index (χ1) is 14.7. The highest BCUT2D eigenvalue weighted by molar-refractivity contribution is 5.22. The van der Waals surface area contributed by atoms with Gasteiger partial charge >= 0.3 is 5.63 Å². The molecule has 1 atom stereocenters. The molecule has 0 saturated carbocycles. The third-order valence-electron chi connectivity index (χ3n) is 5.99. The van der Waals surface area contributed by atoms with Crippen molar-refractivity contribution in [3.63, 3.8) is 0 Å². The van der Waals surface area contributed by atoms with E-state index in [-0.39, 0.29) is 11.5 Å². The molecule has 0 fully saturated rings. The molecule has 0 radical (unpaired) electrons. The van der Waals surface area contributed by atoms with E-state index in [2.05, 4.69) is 20.8 Å². The third-order valence-corrected chi connectivity index (χ3v) is 5.99. The standard InChI is InChI=1S/C27H48O3/c1-4-6-7-8-9-10-11-12-13-14-15-16-17-18-19-21-29-25-22-26(24(3)20-5-2)30-27(28)23-25/h22-24H,4-21H2,1-3H3/t24-/m1/s1. The lowest BCUT2D eigenvalue weighted by Gasteiger charge is -2.11. The molecule has 174 valence electrons. The van der Waals surface area contributed by atoms with Gasteiger partial charge < -0.3 is 9.15 Å². The van der Waals surface area contributed by atoms with Crippen LogP contribution in [0.3, 0.4) is 0 Å². The normalized spacial score (nSPS) is 12.2. The van der Waals surface area contributed by atoms with Gasteiger partial charge in [0.2, 0.25) is 0 Å². The Morgan fingerprint density at radius 2 is 1.23 bits per heavy atom. The van der Waals surface area contributed by atoms with Crippen LogP contribution < -0.4 is 10.4 Å². The molecule has 1 rings (SSSR count). The first-order valence-electron chi connectivity index (χ1n) is 12.9. The Labute approximate surface area is 186 Å². The highest BCUT2D eigenvalue weighted by Crippen LogP contribution is 2.23. The zero-order valence-electron chi connectivity index (χ0n) is 20.2. The minimum absolute atomic E-state index is 0.261. The maximum Gasteiger partial charge on any atom is 0.339 e. The van der Waals surface area contributed by atoms with Crippen molar-refractivity contribution in [2.24, 2.45) is 0 Å². The van der Waals surface area contributed by atoms with Gasteiger partial charge in [0.25, 0.3) is 0 Å². The zero-order valence-corrected chi connectivity index (χ0v) is 20.2. The summed E-state index contributed by atoms with van der Waals surface area (Å²) in [6.07, 6.45) is 22.5. The van der Waals surface area contributed by atoms with Crippen LogP contribution in [0.4, 0.5) is 0 Å². The van der Waals surface area contributed by atoms with Gasteiger partial charge in [0.05, 0.1) is 12.7 Å². The minimum Gasteiger partial charge on any atom is -0.493 e. The fourth-order valence-electron chi connectivity index (χ4n) is 4.04. The van der Waals surface area contributed by atoms with Gasteiger partial charge in [-0.25, -0.2) is 4.79 Å². The second-order valence-electron chi connectivity index (χ2n) is 9.00. The Kier molecular flexibility index (Phi) is 16.5. The lowest BCUT2D eigenvalue weighted by atomic mass is 10.0. The molecule has 3 nitrogen and oxygen atoms in total. The maximum atomic E-state index is 11.7. The fraction of sp³-hybridized carbons (Fsp3) is 0.815. The summed E-state index contributed by atoms with van der Waals surface area (Å²) in [6, 6.07) is 3.36. The second-order valence-corrected chi connectivity index (χ2v) is 9.00. The number of unbranched alkanes of at least 4 members (excludes halogenated alkanes) is 14. The monoisotopic (exact) mass is 420 g/mol. The van der Waals surface area contributed by atoms with E-state index in [1.54, 1.807) is 0 Å². The average molecular weight is 421 g/mol. The molecular weight excluding hydrogens is 372 g/mol. The number of rotatable bonds is 20. The minimum atomic E-state index is -0.304. The van der Waals surface area contributed by atoms with E-state index in [1.165, 1.54) is 96.0 Å². The first kappa shape index (κ1) is 26.8. The van der Waals surface area contributed by atoms with E-state index in [1.807, 2.05) is 6.07 Å². The molecule has 0 saturated heterocycles. The fourth-order valence-corrected chi connectivity index (χ4v) is 4.04. The van der Waals surface area contributed by atoms with Gasteiger partial charge in [-0.1, -0.05) is 117 Å². The van der Waals surface area contributed by atoms with E-state index < -0.39 is 0 Å². The zero-order chi connectivity index (χ0) is 21.9. The number of ether oxygens (including phenoxy) is 1. The Bertz CT molecular complexity index is 563. The lowest BCUT2D eigenvalue weighted by Crippen LogP contribution is -2.06. The van der Waals surface area contributed by atoms with Gasteiger partial charge in [-0.3, -0.25) is 0 Å². The summed E-state index contributed by atoms with van der Waals surface area (Å²) in [7, 11) is 0. The van der Waals surface area contributed by atoms with Crippen LogP contribution >= 0.6 is 0 Å². The first-order valence-corrected chi connectivity index (χ1v) is 12.9. The summed E-state index contributed by atoms with van der Waals surface area (Å²) >= 11 is 0. The molecule has 1 aromatic heterocycles. The van der Waals surface area contributed by atoms with Crippen molar-refractivity contribution < 1.29 is 9.15 Å². The Morgan fingerprint density at radius 1 is 0.733 bits per heavy atom. The SMILES string of the molecule is CCCCCCCCCCCCCCCCCOc1cc([C@H](C)CCC)oc(=O)c1. The van der Waals surface area contributed by atoms with Gasteiger partial charge in [0.15, 0.2) is 0 Å². The third kappa shape index (κ3) is 13.9. The molecule has 0 aliphatic carbocycles. The summed E-state index contributed by atoms with van der Waals surface area (Å²) in [4.78, 5) is 11.7. The van der Waals surface area contributed by atoms with Crippen LogP contribution in [0.1, 0.15) is 142 Å². The van der Waals surface area contributed by atoms with Gasteiger partial charge in [-0.2, -0.15) is 0 Å². The Hall–Kier alpha value is -1.25. The molecule has 0 bridgehead atoms. The molecule has 1 heterocycles. The molecule has 0 N–H and O–H groups in total. The van der Waals surface area contributed by atoms with Gasteiger partial charge in [-0.05, 0) is 12.8 Å². The van der Waals surface area contributed by atoms with E-state index in [4.69, 9.17) is 9.15 Å². The summed E-state index contributed by atoms with van der Waals surface area (Å²) < 4.78 is 11.1. The second kappa shape index (κ2) is 18.5. The van der Waals surface area contributed by atoms with Crippen molar-refractivity contribution in [2.45, 2.75) is 136 Å². The van der Waals surface area contributed by atoms with Crippen LogP contribution in [-0.2, 0) is 0 Å². The van der Waals surface area contributed by atoms with E-state index in [0.29, 0.717) is 12.4 Å². The molecule has 30 heavy (non-hydrogen) atoms. The van der Waals surface area contributed by atoms with Crippen LogP contribution in [0.5, 0.6) is 5.75 Å². The van der Waals surface area contributed by atoms with Crippen LogP contribution in [0.2, 0.25) is 0 Å². The number of hydrogen-bond donors (Lipinski definition) is 0. The summed E-state index contributed by atoms with van der Waals surface area (Å²) in [5, 5.41) is 0. The van der Waals surface area contributed by atoms with E-state index >= 15 is 0 Å². The van der Waals surface area contributed by atoms with Crippen molar-refractivity contribution in [2.75, 3.05) is 6.61 Å².